The lowest BCUT2D eigenvalue weighted by Gasteiger charge is -2.36. The van der Waals surface area contributed by atoms with E-state index < -0.39 is 12.0 Å². The van der Waals surface area contributed by atoms with Gasteiger partial charge in [-0.25, -0.2) is 14.6 Å². The molecule has 2 heterocycles. The molecule has 2 atom stereocenters. The first kappa shape index (κ1) is 21.4. The van der Waals surface area contributed by atoms with E-state index in [1.54, 1.807) is 18.3 Å². The second-order valence-electron chi connectivity index (χ2n) is 7.60. The van der Waals surface area contributed by atoms with Crippen molar-refractivity contribution in [3.05, 3.63) is 83.4 Å². The van der Waals surface area contributed by atoms with E-state index in [0.29, 0.717) is 19.4 Å². The van der Waals surface area contributed by atoms with Crippen molar-refractivity contribution in [2.45, 2.75) is 24.9 Å². The molecule has 1 aliphatic heterocycles. The molecular formula is C24H26N4O4. The number of amides is 2. The van der Waals surface area contributed by atoms with Crippen molar-refractivity contribution in [1.82, 2.24) is 20.2 Å². The summed E-state index contributed by atoms with van der Waals surface area (Å²) >= 11 is 0. The maximum atomic E-state index is 13.4. The van der Waals surface area contributed by atoms with Gasteiger partial charge >= 0.3 is 12.0 Å². The maximum Gasteiger partial charge on any atom is 0.328 e. The van der Waals surface area contributed by atoms with Gasteiger partial charge in [0, 0.05) is 25.1 Å². The summed E-state index contributed by atoms with van der Waals surface area (Å²) in [5, 5.41) is 2.88. The number of nitrogens with one attached hydrogen (secondary N) is 2. The summed E-state index contributed by atoms with van der Waals surface area (Å²) in [4.78, 5) is 35.2. The first-order chi connectivity index (χ1) is 15.6. The predicted octanol–water partition coefficient (Wildman–Crippen LogP) is 2.86. The smallest absolute Gasteiger partial charge is 0.328 e. The highest BCUT2D eigenvalue weighted by atomic mass is 16.5. The number of hydrogen-bond acceptors (Lipinski definition) is 5. The molecule has 0 saturated heterocycles. The third kappa shape index (κ3) is 4.44. The third-order valence-electron chi connectivity index (χ3n) is 5.68. The Morgan fingerprint density at radius 3 is 2.59 bits per heavy atom. The minimum atomic E-state index is -0.799. The molecule has 0 spiro atoms. The van der Waals surface area contributed by atoms with Gasteiger partial charge in [0.1, 0.15) is 17.8 Å². The molecule has 8 nitrogen and oxygen atoms in total. The van der Waals surface area contributed by atoms with Crippen LogP contribution in [0, 0.1) is 0 Å². The van der Waals surface area contributed by atoms with Crippen LogP contribution in [0.25, 0.3) is 0 Å². The Morgan fingerprint density at radius 2 is 1.91 bits per heavy atom. The minimum absolute atomic E-state index is 0.341. The lowest BCUT2D eigenvalue weighted by Crippen LogP contribution is -2.52. The molecule has 1 aliphatic rings. The zero-order valence-electron chi connectivity index (χ0n) is 18.1. The van der Waals surface area contributed by atoms with E-state index in [9.17, 15) is 9.59 Å². The van der Waals surface area contributed by atoms with Crippen molar-refractivity contribution in [2.24, 2.45) is 0 Å². The zero-order chi connectivity index (χ0) is 22.5. The molecule has 0 aliphatic carbocycles. The van der Waals surface area contributed by atoms with E-state index in [-0.39, 0.29) is 12.1 Å². The van der Waals surface area contributed by atoms with E-state index in [0.717, 1.165) is 28.3 Å². The quantitative estimate of drug-likeness (QED) is 0.582. The minimum Gasteiger partial charge on any atom is -0.497 e. The van der Waals surface area contributed by atoms with Crippen molar-refractivity contribution in [3.8, 4) is 5.75 Å². The van der Waals surface area contributed by atoms with Crippen LogP contribution in [0.15, 0.2) is 60.9 Å². The van der Waals surface area contributed by atoms with Gasteiger partial charge in [0.2, 0.25) is 0 Å². The number of urea groups is 1. The number of esters is 1. The highest BCUT2D eigenvalue weighted by molar-refractivity contribution is 5.84. The number of carbonyl (C=O) groups excluding carboxylic acids is 2. The summed E-state index contributed by atoms with van der Waals surface area (Å²) in [7, 11) is 2.93. The van der Waals surface area contributed by atoms with Crippen LogP contribution >= 0.6 is 0 Å². The van der Waals surface area contributed by atoms with Crippen LogP contribution < -0.4 is 10.1 Å². The largest absolute Gasteiger partial charge is 0.497 e. The Balaban J connectivity index is 1.60. The van der Waals surface area contributed by atoms with E-state index in [1.807, 2.05) is 54.6 Å². The second kappa shape index (κ2) is 9.55. The van der Waals surface area contributed by atoms with E-state index in [1.165, 1.54) is 7.11 Å². The van der Waals surface area contributed by atoms with Gasteiger partial charge in [0.15, 0.2) is 0 Å². The Labute approximate surface area is 186 Å². The van der Waals surface area contributed by atoms with Gasteiger partial charge in [-0.05, 0) is 23.3 Å². The molecule has 4 rings (SSSR count). The van der Waals surface area contributed by atoms with Crippen molar-refractivity contribution in [1.29, 1.82) is 0 Å². The number of nitrogens with zero attached hydrogens (tertiary/aromatic N) is 2. The molecule has 0 saturated carbocycles. The van der Waals surface area contributed by atoms with Crippen molar-refractivity contribution >= 4 is 12.0 Å². The van der Waals surface area contributed by atoms with E-state index in [4.69, 9.17) is 9.47 Å². The summed E-state index contributed by atoms with van der Waals surface area (Å²) in [6.07, 6.45) is 2.64. The van der Waals surface area contributed by atoms with Crippen LogP contribution in [-0.2, 0) is 22.4 Å². The molecule has 0 bridgehead atoms. The fourth-order valence-electron chi connectivity index (χ4n) is 4.04. The Kier molecular flexibility index (Phi) is 6.39. The van der Waals surface area contributed by atoms with Crippen LogP contribution in [-0.4, -0.2) is 53.7 Å². The Morgan fingerprint density at radius 1 is 1.16 bits per heavy atom. The molecule has 2 aromatic carbocycles. The van der Waals surface area contributed by atoms with Gasteiger partial charge < -0.3 is 24.7 Å². The Bertz CT molecular complexity index is 1070. The first-order valence-electron chi connectivity index (χ1n) is 10.5. The van der Waals surface area contributed by atoms with Gasteiger partial charge in [0.25, 0.3) is 0 Å². The van der Waals surface area contributed by atoms with Gasteiger partial charge in [-0.3, -0.25) is 0 Å². The van der Waals surface area contributed by atoms with E-state index >= 15 is 0 Å². The second-order valence-corrected chi connectivity index (χ2v) is 7.60. The number of carbonyl (C=O) groups is 2. The normalized spacial score (nSPS) is 16.1. The van der Waals surface area contributed by atoms with Gasteiger partial charge in [-0.15, -0.1) is 0 Å². The maximum absolute atomic E-state index is 13.4. The van der Waals surface area contributed by atoms with Crippen molar-refractivity contribution in [3.63, 3.8) is 0 Å². The number of ether oxygens (including phenoxy) is 2. The number of imidazole rings is 1. The third-order valence-corrected chi connectivity index (χ3v) is 5.68. The molecule has 8 heteroatoms. The van der Waals surface area contributed by atoms with Crippen LogP contribution in [0.4, 0.5) is 4.79 Å². The number of methoxy groups -OCH3 is 2. The first-order valence-corrected chi connectivity index (χ1v) is 10.5. The molecule has 0 radical (unpaired) electrons. The fourth-order valence-corrected chi connectivity index (χ4v) is 4.04. The number of benzene rings is 2. The standard InChI is InChI=1S/C24H26N4O4/c1-31-18-10-8-17(9-11-18)22-21-19(25-15-26-21)12-13-28(22)24(30)27-20(23(29)32-2)14-16-6-4-3-5-7-16/h3-11,15,20,22H,12-14H2,1-2H3,(H,25,26)(H,27,30)/t20-,22-/m0/s1. The molecule has 1 aromatic heterocycles. The highest BCUT2D eigenvalue weighted by Crippen LogP contribution is 2.34. The molecule has 0 unspecified atom stereocenters. The summed E-state index contributed by atoms with van der Waals surface area (Å²) in [6, 6.07) is 15.6. The number of aromatic amines is 1. The van der Waals surface area contributed by atoms with Gasteiger partial charge in [0.05, 0.1) is 26.2 Å². The van der Waals surface area contributed by atoms with Gasteiger partial charge in [-0.2, -0.15) is 0 Å². The monoisotopic (exact) mass is 434 g/mol. The molecule has 2 amide bonds. The lowest BCUT2D eigenvalue weighted by atomic mass is 9.96. The van der Waals surface area contributed by atoms with Crippen LogP contribution in [0.1, 0.15) is 28.6 Å². The van der Waals surface area contributed by atoms with Crippen LogP contribution in [0.5, 0.6) is 5.75 Å². The molecule has 3 aromatic rings. The summed E-state index contributed by atoms with van der Waals surface area (Å²) in [5.41, 5.74) is 3.65. The van der Waals surface area contributed by atoms with Gasteiger partial charge in [-0.1, -0.05) is 42.5 Å². The topological polar surface area (TPSA) is 96.6 Å². The SMILES string of the molecule is COC(=O)[C@H](Cc1ccccc1)NC(=O)N1CCc2[nH]cnc2[C@@H]1c1ccc(OC)cc1. The summed E-state index contributed by atoms with van der Waals surface area (Å²) < 4.78 is 10.2. The van der Waals surface area contributed by atoms with Crippen molar-refractivity contribution in [2.75, 3.05) is 20.8 Å². The van der Waals surface area contributed by atoms with Crippen molar-refractivity contribution < 1.29 is 19.1 Å². The highest BCUT2D eigenvalue weighted by Gasteiger charge is 2.35. The fraction of sp³-hybridized carbons (Fsp3) is 0.292. The molecule has 0 fully saturated rings. The average molecular weight is 434 g/mol. The summed E-state index contributed by atoms with van der Waals surface area (Å²) in [6.45, 7) is 0.483. The number of rotatable bonds is 6. The molecule has 166 valence electrons. The lowest BCUT2D eigenvalue weighted by molar-refractivity contribution is -0.142. The number of aromatic nitrogens is 2. The van der Waals surface area contributed by atoms with E-state index in [2.05, 4.69) is 15.3 Å². The number of H-pyrrole nitrogens is 1. The molecule has 32 heavy (non-hydrogen) atoms. The zero-order valence-corrected chi connectivity index (χ0v) is 18.1. The van der Waals surface area contributed by atoms with Crippen LogP contribution in [0.3, 0.4) is 0 Å². The number of hydrogen-bond donors (Lipinski definition) is 2. The average Bonchev–Trinajstić information content (AvgIpc) is 3.32. The summed E-state index contributed by atoms with van der Waals surface area (Å²) in [5.74, 6) is 0.247. The molecule has 2 N–H and O–H groups in total. The predicted molar refractivity (Wildman–Crippen MR) is 118 cm³/mol. The van der Waals surface area contributed by atoms with Crippen LogP contribution in [0.2, 0.25) is 0 Å². The number of fused-ring (bicyclic) bond motifs is 1. The Hall–Kier alpha value is -3.81. The molecular weight excluding hydrogens is 408 g/mol.